The van der Waals surface area contributed by atoms with Gasteiger partial charge in [0.15, 0.2) is 11.5 Å². The first-order valence-electron chi connectivity index (χ1n) is 6.93. The van der Waals surface area contributed by atoms with Crippen LogP contribution >= 0.6 is 12.0 Å². The molecule has 0 fully saturated rings. The summed E-state index contributed by atoms with van der Waals surface area (Å²) in [6, 6.07) is 5.90. The number of aryl methyl sites for hydroxylation is 1. The third-order valence-electron chi connectivity index (χ3n) is 2.96. The molecule has 1 aromatic carbocycles. The van der Waals surface area contributed by atoms with Gasteiger partial charge in [0.25, 0.3) is 0 Å². The highest BCUT2D eigenvalue weighted by molar-refractivity contribution is 7.95. The molecule has 2 rings (SSSR count). The summed E-state index contributed by atoms with van der Waals surface area (Å²) in [5, 5.41) is 13.2. The van der Waals surface area contributed by atoms with E-state index in [0.29, 0.717) is 12.3 Å². The van der Waals surface area contributed by atoms with Crippen molar-refractivity contribution < 1.29 is 14.0 Å². The third-order valence-corrected chi connectivity index (χ3v) is 3.61. The molecule has 1 heterocycles. The quantitative estimate of drug-likeness (QED) is 0.817. The molecular weight excluding hydrogens is 274 g/mol. The first kappa shape index (κ1) is 15.5. The highest BCUT2D eigenvalue weighted by Gasteiger charge is 2.18. The summed E-state index contributed by atoms with van der Waals surface area (Å²) < 4.78 is 11.3. The Kier molecular flexibility index (Phi) is 5.18. The van der Waals surface area contributed by atoms with Crippen LogP contribution in [-0.2, 0) is 6.42 Å². The summed E-state index contributed by atoms with van der Waals surface area (Å²) >= 11 is 1.44. The molecule has 5 heteroatoms. The molecule has 0 saturated carbocycles. The van der Waals surface area contributed by atoms with E-state index in [-0.39, 0.29) is 12.1 Å². The van der Waals surface area contributed by atoms with E-state index < -0.39 is 6.10 Å². The number of ether oxygens (including phenoxy) is 1. The Bertz CT molecular complexity index is 445. The van der Waals surface area contributed by atoms with Crippen molar-refractivity contribution in [2.24, 2.45) is 0 Å². The minimum Gasteiger partial charge on any atom is -0.487 e. The van der Waals surface area contributed by atoms with Crippen LogP contribution < -0.4 is 14.2 Å². The van der Waals surface area contributed by atoms with Gasteiger partial charge in [-0.1, -0.05) is 12.1 Å². The van der Waals surface area contributed by atoms with Gasteiger partial charge in [-0.05, 0) is 33.3 Å². The molecule has 2 N–H and O–H groups in total. The van der Waals surface area contributed by atoms with E-state index in [9.17, 15) is 5.11 Å². The monoisotopic (exact) mass is 297 g/mol. The molecule has 0 amide bonds. The fourth-order valence-electron chi connectivity index (χ4n) is 1.89. The van der Waals surface area contributed by atoms with Crippen molar-refractivity contribution in [2.75, 3.05) is 18.9 Å². The van der Waals surface area contributed by atoms with Gasteiger partial charge in [0.1, 0.15) is 12.7 Å². The summed E-state index contributed by atoms with van der Waals surface area (Å²) in [4.78, 5) is 0. The van der Waals surface area contributed by atoms with E-state index in [4.69, 9.17) is 8.92 Å². The Morgan fingerprint density at radius 3 is 3.00 bits per heavy atom. The molecule has 1 unspecified atom stereocenters. The maximum atomic E-state index is 9.94. The lowest BCUT2D eigenvalue weighted by Crippen LogP contribution is -2.42. The van der Waals surface area contributed by atoms with Crippen LogP contribution in [0.5, 0.6) is 11.5 Å². The number of hydrogen-bond donors (Lipinski definition) is 2. The van der Waals surface area contributed by atoms with Crippen molar-refractivity contribution in [1.29, 1.82) is 0 Å². The Hall–Kier alpha value is -0.910. The lowest BCUT2D eigenvalue weighted by atomic mass is 10.1. The molecule has 1 aliphatic heterocycles. The SMILES string of the molecule is CC(C)(C)NCC(O)COc1cccc2c1OSCC2. The van der Waals surface area contributed by atoms with Crippen molar-refractivity contribution in [3.05, 3.63) is 23.8 Å². The number of aliphatic hydroxyl groups excluding tert-OH is 1. The maximum absolute atomic E-state index is 9.94. The minimum absolute atomic E-state index is 0.00730. The second-order valence-electron chi connectivity index (χ2n) is 6.00. The van der Waals surface area contributed by atoms with Crippen LogP contribution in [0.4, 0.5) is 0 Å². The van der Waals surface area contributed by atoms with Crippen molar-refractivity contribution >= 4 is 12.0 Å². The third kappa shape index (κ3) is 4.58. The van der Waals surface area contributed by atoms with Crippen LogP contribution in [0.25, 0.3) is 0 Å². The molecule has 112 valence electrons. The average molecular weight is 297 g/mol. The molecule has 1 aliphatic rings. The molecule has 1 atom stereocenters. The molecule has 4 nitrogen and oxygen atoms in total. The Morgan fingerprint density at radius 1 is 1.45 bits per heavy atom. The summed E-state index contributed by atoms with van der Waals surface area (Å²) in [5.41, 5.74) is 1.16. The molecule has 0 aliphatic carbocycles. The second kappa shape index (κ2) is 6.70. The van der Waals surface area contributed by atoms with E-state index in [0.717, 1.165) is 17.9 Å². The van der Waals surface area contributed by atoms with E-state index in [1.54, 1.807) is 0 Å². The number of nitrogens with one attached hydrogen (secondary N) is 1. The zero-order valence-electron chi connectivity index (χ0n) is 12.3. The van der Waals surface area contributed by atoms with Gasteiger partial charge in [-0.25, -0.2) is 0 Å². The van der Waals surface area contributed by atoms with Gasteiger partial charge in [-0.2, -0.15) is 0 Å². The Labute approximate surface area is 125 Å². The van der Waals surface area contributed by atoms with Crippen LogP contribution in [-0.4, -0.2) is 35.7 Å². The molecule has 0 spiro atoms. The van der Waals surface area contributed by atoms with E-state index in [1.807, 2.05) is 12.1 Å². The Morgan fingerprint density at radius 2 is 2.25 bits per heavy atom. The number of aliphatic hydroxyl groups is 1. The van der Waals surface area contributed by atoms with Crippen LogP contribution in [0, 0.1) is 0 Å². The summed E-state index contributed by atoms with van der Waals surface area (Å²) in [5.74, 6) is 2.48. The van der Waals surface area contributed by atoms with Gasteiger partial charge in [-0.3, -0.25) is 0 Å². The number of para-hydroxylation sites is 1. The maximum Gasteiger partial charge on any atom is 0.182 e. The largest absolute Gasteiger partial charge is 0.487 e. The molecular formula is C15H23NO3S. The predicted molar refractivity (Wildman–Crippen MR) is 82.5 cm³/mol. The zero-order valence-corrected chi connectivity index (χ0v) is 13.1. The number of hydrogen-bond acceptors (Lipinski definition) is 5. The minimum atomic E-state index is -0.540. The predicted octanol–water partition coefficient (Wildman–Crippen LogP) is 2.40. The Balaban J connectivity index is 1.88. The molecule has 0 bridgehead atoms. The zero-order chi connectivity index (χ0) is 14.6. The van der Waals surface area contributed by atoms with Gasteiger partial charge in [0, 0.05) is 23.4 Å². The fraction of sp³-hybridized carbons (Fsp3) is 0.600. The topological polar surface area (TPSA) is 50.7 Å². The van der Waals surface area contributed by atoms with Crippen LogP contribution in [0.15, 0.2) is 18.2 Å². The van der Waals surface area contributed by atoms with Crippen molar-refractivity contribution in [2.45, 2.75) is 38.8 Å². The van der Waals surface area contributed by atoms with E-state index in [2.05, 4.69) is 32.2 Å². The van der Waals surface area contributed by atoms with Crippen LogP contribution in [0.1, 0.15) is 26.3 Å². The van der Waals surface area contributed by atoms with Gasteiger partial charge in [-0.15, -0.1) is 0 Å². The highest BCUT2D eigenvalue weighted by atomic mass is 32.2. The van der Waals surface area contributed by atoms with E-state index in [1.165, 1.54) is 17.6 Å². The smallest absolute Gasteiger partial charge is 0.182 e. The van der Waals surface area contributed by atoms with Crippen LogP contribution in [0.3, 0.4) is 0 Å². The molecule has 0 radical (unpaired) electrons. The van der Waals surface area contributed by atoms with Crippen molar-refractivity contribution in [1.82, 2.24) is 5.32 Å². The van der Waals surface area contributed by atoms with Gasteiger partial charge < -0.3 is 19.3 Å². The number of benzene rings is 1. The number of rotatable bonds is 5. The highest BCUT2D eigenvalue weighted by Crippen LogP contribution is 2.37. The number of β-amino-alcohol motifs (C(OH)–C–C–N with tert-alkyl or cyclic N) is 1. The van der Waals surface area contributed by atoms with Crippen molar-refractivity contribution in [3.8, 4) is 11.5 Å². The van der Waals surface area contributed by atoms with Gasteiger partial charge in [0.2, 0.25) is 0 Å². The first-order chi connectivity index (χ1) is 9.46. The molecule has 0 saturated heterocycles. The summed E-state index contributed by atoms with van der Waals surface area (Å²) in [6.45, 7) is 6.97. The molecule has 1 aromatic rings. The average Bonchev–Trinajstić information content (AvgIpc) is 2.42. The second-order valence-corrected chi connectivity index (χ2v) is 6.81. The molecule has 0 aromatic heterocycles. The summed E-state index contributed by atoms with van der Waals surface area (Å²) in [6.07, 6.45) is 0.451. The van der Waals surface area contributed by atoms with Gasteiger partial charge >= 0.3 is 0 Å². The van der Waals surface area contributed by atoms with Gasteiger partial charge in [0.05, 0.1) is 12.0 Å². The standard InChI is InChI=1S/C15H23NO3S/c1-15(2,3)16-9-12(17)10-18-13-6-4-5-11-7-8-20-19-14(11)13/h4-6,12,16-17H,7-10H2,1-3H3. The fourth-order valence-corrected chi connectivity index (χ4v) is 2.58. The lowest BCUT2D eigenvalue weighted by Gasteiger charge is -2.23. The number of fused-ring (bicyclic) bond motifs is 1. The van der Waals surface area contributed by atoms with E-state index >= 15 is 0 Å². The van der Waals surface area contributed by atoms with Crippen LogP contribution in [0.2, 0.25) is 0 Å². The first-order valence-corrected chi connectivity index (χ1v) is 7.84. The lowest BCUT2D eigenvalue weighted by molar-refractivity contribution is 0.0991. The molecule has 20 heavy (non-hydrogen) atoms. The summed E-state index contributed by atoms with van der Waals surface area (Å²) in [7, 11) is 0. The normalized spacial score (nSPS) is 16.2. The van der Waals surface area contributed by atoms with Crippen molar-refractivity contribution in [3.63, 3.8) is 0 Å².